The maximum absolute atomic E-state index is 12.3. The average Bonchev–Trinajstić information content (AvgIpc) is 2.46. The number of nitrogens with one attached hydrogen (secondary N) is 2. The first-order chi connectivity index (χ1) is 10.1. The van der Waals surface area contributed by atoms with Crippen molar-refractivity contribution >= 4 is 28.9 Å². The summed E-state index contributed by atoms with van der Waals surface area (Å²) >= 11 is 4.81. The minimum absolute atomic E-state index is 0.133. The number of hydrogen-bond donors (Lipinski definition) is 3. The van der Waals surface area contributed by atoms with Crippen LogP contribution in [0.3, 0.4) is 0 Å². The molecule has 0 aliphatic heterocycles. The van der Waals surface area contributed by atoms with Crippen LogP contribution in [0.2, 0.25) is 0 Å². The van der Waals surface area contributed by atoms with E-state index in [1.165, 1.54) is 5.56 Å². The van der Waals surface area contributed by atoms with Crippen molar-refractivity contribution in [2.24, 2.45) is 5.73 Å². The van der Waals surface area contributed by atoms with Crippen LogP contribution in [0.15, 0.2) is 48.5 Å². The second-order valence-corrected chi connectivity index (χ2v) is 5.14. The van der Waals surface area contributed by atoms with Crippen molar-refractivity contribution in [1.29, 1.82) is 0 Å². The zero-order valence-corrected chi connectivity index (χ0v) is 12.5. The standard InChI is InChI=1S/C16H17N3OS/c1-11-6-8-12(9-7-11)10-18-15(20)13-4-2-3-5-14(13)19-16(17)21/h2-9H,10H2,1H3,(H,18,20)(H3,17,19,21). The van der Waals surface area contributed by atoms with Crippen LogP contribution in [0, 0.1) is 6.92 Å². The van der Waals surface area contributed by atoms with E-state index in [1.54, 1.807) is 18.2 Å². The van der Waals surface area contributed by atoms with Crippen LogP contribution in [-0.2, 0) is 6.54 Å². The van der Waals surface area contributed by atoms with Gasteiger partial charge >= 0.3 is 0 Å². The summed E-state index contributed by atoms with van der Waals surface area (Å²) in [5, 5.41) is 5.83. The van der Waals surface area contributed by atoms with Gasteiger partial charge in [-0.05, 0) is 36.8 Å². The molecule has 2 rings (SSSR count). The zero-order valence-electron chi connectivity index (χ0n) is 11.7. The predicted octanol–water partition coefficient (Wildman–Crippen LogP) is 2.58. The lowest BCUT2D eigenvalue weighted by Gasteiger charge is -2.11. The van der Waals surface area contributed by atoms with Gasteiger partial charge in [-0.3, -0.25) is 4.79 Å². The Bertz CT molecular complexity index is 653. The zero-order chi connectivity index (χ0) is 15.2. The lowest BCUT2D eigenvalue weighted by atomic mass is 10.1. The van der Waals surface area contributed by atoms with Gasteiger partial charge in [-0.25, -0.2) is 0 Å². The molecular weight excluding hydrogens is 282 g/mol. The van der Waals surface area contributed by atoms with Crippen LogP contribution >= 0.6 is 12.2 Å². The normalized spacial score (nSPS) is 9.95. The first-order valence-corrected chi connectivity index (χ1v) is 6.96. The number of rotatable bonds is 4. The number of carbonyl (C=O) groups excluding carboxylic acids is 1. The number of aryl methyl sites for hydroxylation is 1. The third-order valence-electron chi connectivity index (χ3n) is 3.00. The highest BCUT2D eigenvalue weighted by Gasteiger charge is 2.10. The van der Waals surface area contributed by atoms with E-state index in [4.69, 9.17) is 18.0 Å². The fourth-order valence-corrected chi connectivity index (χ4v) is 2.02. The molecule has 0 aliphatic rings. The minimum atomic E-state index is -0.171. The number of anilines is 1. The Morgan fingerprint density at radius 3 is 2.48 bits per heavy atom. The van der Waals surface area contributed by atoms with Crippen LogP contribution in [0.1, 0.15) is 21.5 Å². The van der Waals surface area contributed by atoms with Gasteiger partial charge in [0.25, 0.3) is 5.91 Å². The molecule has 0 saturated carbocycles. The molecule has 0 aromatic heterocycles. The summed E-state index contributed by atoms with van der Waals surface area (Å²) in [4.78, 5) is 12.3. The third-order valence-corrected chi connectivity index (χ3v) is 3.11. The molecule has 0 atom stereocenters. The number of thiocarbonyl (C=S) groups is 1. The number of benzene rings is 2. The van der Waals surface area contributed by atoms with Crippen molar-refractivity contribution in [3.8, 4) is 0 Å². The minimum Gasteiger partial charge on any atom is -0.376 e. The number of amides is 1. The number of nitrogens with two attached hydrogens (primary N) is 1. The molecule has 0 unspecified atom stereocenters. The average molecular weight is 299 g/mol. The first-order valence-electron chi connectivity index (χ1n) is 6.55. The van der Waals surface area contributed by atoms with E-state index in [9.17, 15) is 4.79 Å². The van der Waals surface area contributed by atoms with E-state index in [2.05, 4.69) is 10.6 Å². The van der Waals surface area contributed by atoms with Crippen LogP contribution in [0.5, 0.6) is 0 Å². The SMILES string of the molecule is Cc1ccc(CNC(=O)c2ccccc2NC(N)=S)cc1. The Morgan fingerprint density at radius 1 is 1.14 bits per heavy atom. The van der Waals surface area contributed by atoms with Gasteiger partial charge < -0.3 is 16.4 Å². The summed E-state index contributed by atoms with van der Waals surface area (Å²) in [5.41, 5.74) is 8.82. The summed E-state index contributed by atoms with van der Waals surface area (Å²) in [6.07, 6.45) is 0. The molecule has 21 heavy (non-hydrogen) atoms. The van der Waals surface area contributed by atoms with Gasteiger partial charge in [0.15, 0.2) is 5.11 Å². The van der Waals surface area contributed by atoms with Crippen molar-refractivity contribution in [2.75, 3.05) is 5.32 Å². The molecular formula is C16H17N3OS. The van der Waals surface area contributed by atoms with Crippen molar-refractivity contribution in [3.05, 3.63) is 65.2 Å². The van der Waals surface area contributed by atoms with E-state index in [0.29, 0.717) is 17.8 Å². The monoisotopic (exact) mass is 299 g/mol. The molecule has 0 bridgehead atoms. The maximum Gasteiger partial charge on any atom is 0.253 e. The molecule has 2 aromatic rings. The summed E-state index contributed by atoms with van der Waals surface area (Å²) < 4.78 is 0. The smallest absolute Gasteiger partial charge is 0.253 e. The van der Waals surface area contributed by atoms with Crippen LogP contribution in [0.4, 0.5) is 5.69 Å². The molecule has 2 aromatic carbocycles. The molecule has 108 valence electrons. The fourth-order valence-electron chi connectivity index (χ4n) is 1.91. The molecule has 0 aliphatic carbocycles. The van der Waals surface area contributed by atoms with Gasteiger partial charge in [-0.1, -0.05) is 42.0 Å². The Balaban J connectivity index is 2.06. The second-order valence-electron chi connectivity index (χ2n) is 4.70. The predicted molar refractivity (Wildman–Crippen MR) is 89.2 cm³/mol. The highest BCUT2D eigenvalue weighted by molar-refractivity contribution is 7.80. The van der Waals surface area contributed by atoms with Gasteiger partial charge in [0, 0.05) is 6.54 Å². The highest BCUT2D eigenvalue weighted by atomic mass is 32.1. The molecule has 4 N–H and O–H groups in total. The van der Waals surface area contributed by atoms with Gasteiger partial charge in [0.05, 0.1) is 11.3 Å². The van der Waals surface area contributed by atoms with Crippen molar-refractivity contribution in [1.82, 2.24) is 5.32 Å². The Hall–Kier alpha value is -2.40. The fraction of sp³-hybridized carbons (Fsp3) is 0.125. The topological polar surface area (TPSA) is 67.2 Å². The lowest BCUT2D eigenvalue weighted by molar-refractivity contribution is 0.0952. The Kier molecular flexibility index (Phi) is 4.90. The molecule has 4 nitrogen and oxygen atoms in total. The molecule has 0 fully saturated rings. The van der Waals surface area contributed by atoms with E-state index in [1.807, 2.05) is 37.3 Å². The molecule has 0 saturated heterocycles. The van der Waals surface area contributed by atoms with Crippen LogP contribution < -0.4 is 16.4 Å². The Labute approximate surface area is 129 Å². The maximum atomic E-state index is 12.3. The first kappa shape index (κ1) is 15.0. The van der Waals surface area contributed by atoms with Crippen molar-refractivity contribution in [2.45, 2.75) is 13.5 Å². The summed E-state index contributed by atoms with van der Waals surface area (Å²) in [6, 6.07) is 15.1. The van der Waals surface area contributed by atoms with Gasteiger partial charge in [0.2, 0.25) is 0 Å². The highest BCUT2D eigenvalue weighted by Crippen LogP contribution is 2.15. The van der Waals surface area contributed by atoms with Gasteiger partial charge in [0.1, 0.15) is 0 Å². The summed E-state index contributed by atoms with van der Waals surface area (Å²) in [7, 11) is 0. The molecule has 5 heteroatoms. The number of carbonyl (C=O) groups is 1. The van der Waals surface area contributed by atoms with E-state index < -0.39 is 0 Å². The Morgan fingerprint density at radius 2 is 1.81 bits per heavy atom. The quantitative estimate of drug-likeness (QED) is 0.759. The summed E-state index contributed by atoms with van der Waals surface area (Å²) in [6.45, 7) is 2.50. The molecule has 0 spiro atoms. The largest absolute Gasteiger partial charge is 0.376 e. The molecule has 0 radical (unpaired) electrons. The number of para-hydroxylation sites is 1. The second kappa shape index (κ2) is 6.85. The summed E-state index contributed by atoms with van der Waals surface area (Å²) in [5.74, 6) is -0.171. The van der Waals surface area contributed by atoms with E-state index in [0.717, 1.165) is 5.56 Å². The third kappa shape index (κ3) is 4.29. The lowest BCUT2D eigenvalue weighted by Crippen LogP contribution is -2.26. The molecule has 1 amide bonds. The van der Waals surface area contributed by atoms with Crippen LogP contribution in [0.25, 0.3) is 0 Å². The van der Waals surface area contributed by atoms with Crippen LogP contribution in [-0.4, -0.2) is 11.0 Å². The van der Waals surface area contributed by atoms with Gasteiger partial charge in [-0.2, -0.15) is 0 Å². The van der Waals surface area contributed by atoms with Crippen molar-refractivity contribution < 1.29 is 4.79 Å². The molecule has 0 heterocycles. The van der Waals surface area contributed by atoms with Gasteiger partial charge in [-0.15, -0.1) is 0 Å². The van der Waals surface area contributed by atoms with Crippen molar-refractivity contribution in [3.63, 3.8) is 0 Å². The van der Waals surface area contributed by atoms with E-state index in [-0.39, 0.29) is 11.0 Å². The number of hydrogen-bond acceptors (Lipinski definition) is 2. The van der Waals surface area contributed by atoms with E-state index >= 15 is 0 Å².